The summed E-state index contributed by atoms with van der Waals surface area (Å²) in [5, 5.41) is 6.58. The molecule has 0 aliphatic carbocycles. The quantitative estimate of drug-likeness (QED) is 0.672. The third-order valence-corrected chi connectivity index (χ3v) is 2.89. The molecule has 0 fully saturated rings. The number of benzene rings is 2. The molecule has 2 aromatic carbocycles. The van der Waals surface area contributed by atoms with Crippen molar-refractivity contribution in [3.63, 3.8) is 0 Å². The highest BCUT2D eigenvalue weighted by molar-refractivity contribution is 5.96. The maximum atomic E-state index is 11.9. The Labute approximate surface area is 129 Å². The average molecular weight is 295 g/mol. The molecule has 0 unspecified atom stereocenters. The van der Waals surface area contributed by atoms with Gasteiger partial charge in [0, 0.05) is 18.2 Å². The number of carbonyl (C=O) groups excluding carboxylic acids is 2. The van der Waals surface area contributed by atoms with E-state index in [2.05, 4.69) is 15.8 Å². The second kappa shape index (κ2) is 7.17. The van der Waals surface area contributed by atoms with Crippen molar-refractivity contribution >= 4 is 23.7 Å². The number of anilines is 1. The predicted octanol–water partition coefficient (Wildman–Crippen LogP) is 2.72. The molecule has 2 aromatic rings. The average Bonchev–Trinajstić information content (AvgIpc) is 2.47. The molecule has 5 heteroatoms. The largest absolute Gasteiger partial charge is 0.326 e. The van der Waals surface area contributed by atoms with Crippen LogP contribution in [0.5, 0.6) is 0 Å². The molecule has 22 heavy (non-hydrogen) atoms. The lowest BCUT2D eigenvalue weighted by molar-refractivity contribution is -0.114. The first-order chi connectivity index (χ1) is 10.5. The molecule has 0 atom stereocenters. The number of aryl methyl sites for hydroxylation is 1. The maximum absolute atomic E-state index is 11.9. The van der Waals surface area contributed by atoms with E-state index in [1.807, 2.05) is 31.2 Å². The van der Waals surface area contributed by atoms with Crippen molar-refractivity contribution in [2.75, 3.05) is 5.32 Å². The normalized spacial score (nSPS) is 10.5. The van der Waals surface area contributed by atoms with Gasteiger partial charge in [-0.05, 0) is 36.8 Å². The van der Waals surface area contributed by atoms with Gasteiger partial charge in [-0.3, -0.25) is 9.59 Å². The first-order valence-corrected chi connectivity index (χ1v) is 6.82. The Morgan fingerprint density at radius 2 is 1.82 bits per heavy atom. The van der Waals surface area contributed by atoms with E-state index in [0.29, 0.717) is 11.3 Å². The lowest BCUT2D eigenvalue weighted by Gasteiger charge is -2.03. The van der Waals surface area contributed by atoms with Crippen LogP contribution in [0.1, 0.15) is 28.4 Å². The zero-order valence-electron chi connectivity index (χ0n) is 12.5. The summed E-state index contributed by atoms with van der Waals surface area (Å²) in [5.74, 6) is -0.460. The monoisotopic (exact) mass is 295 g/mol. The molecule has 0 saturated carbocycles. The molecule has 0 aliphatic heterocycles. The molecule has 0 aromatic heterocycles. The first-order valence-electron chi connectivity index (χ1n) is 6.82. The number of amides is 2. The summed E-state index contributed by atoms with van der Waals surface area (Å²) in [7, 11) is 0. The van der Waals surface area contributed by atoms with Gasteiger partial charge in [-0.15, -0.1) is 0 Å². The van der Waals surface area contributed by atoms with Crippen LogP contribution < -0.4 is 10.7 Å². The zero-order chi connectivity index (χ0) is 15.9. The Morgan fingerprint density at radius 3 is 2.45 bits per heavy atom. The molecular weight excluding hydrogens is 278 g/mol. The fraction of sp³-hybridized carbons (Fsp3) is 0.118. The summed E-state index contributed by atoms with van der Waals surface area (Å²) in [4.78, 5) is 22.8. The highest BCUT2D eigenvalue weighted by atomic mass is 16.2. The number of carbonyl (C=O) groups is 2. The van der Waals surface area contributed by atoms with E-state index in [1.165, 1.54) is 6.92 Å². The number of nitrogens with one attached hydrogen (secondary N) is 2. The fourth-order valence-electron chi connectivity index (χ4n) is 1.89. The number of hydrazone groups is 1. The summed E-state index contributed by atoms with van der Waals surface area (Å²) < 4.78 is 0. The van der Waals surface area contributed by atoms with Gasteiger partial charge in [-0.25, -0.2) is 5.43 Å². The van der Waals surface area contributed by atoms with E-state index < -0.39 is 0 Å². The minimum atomic E-state index is -0.307. The lowest BCUT2D eigenvalue weighted by atomic mass is 10.2. The molecule has 0 heterocycles. The second-order valence-electron chi connectivity index (χ2n) is 4.87. The van der Waals surface area contributed by atoms with Crippen molar-refractivity contribution in [2.45, 2.75) is 13.8 Å². The summed E-state index contributed by atoms with van der Waals surface area (Å²) in [5.41, 5.74) is 5.63. The lowest BCUT2D eigenvalue weighted by Crippen LogP contribution is -2.17. The Balaban J connectivity index is 1.96. The Hall–Kier alpha value is -2.95. The Morgan fingerprint density at radius 1 is 1.09 bits per heavy atom. The molecule has 0 saturated heterocycles. The molecule has 2 rings (SSSR count). The highest BCUT2D eigenvalue weighted by Gasteiger charge is 2.04. The van der Waals surface area contributed by atoms with Crippen molar-refractivity contribution in [2.24, 2.45) is 5.10 Å². The minimum Gasteiger partial charge on any atom is -0.326 e. The van der Waals surface area contributed by atoms with Crippen LogP contribution in [-0.2, 0) is 4.79 Å². The second-order valence-corrected chi connectivity index (χ2v) is 4.87. The molecule has 112 valence electrons. The van der Waals surface area contributed by atoms with Gasteiger partial charge in [0.1, 0.15) is 0 Å². The number of rotatable bonds is 4. The maximum Gasteiger partial charge on any atom is 0.271 e. The minimum absolute atomic E-state index is 0.153. The SMILES string of the molecule is CC(=O)Nc1ccc(C(=O)N/N=C/c2cccc(C)c2)cc1. The van der Waals surface area contributed by atoms with Crippen LogP contribution in [-0.4, -0.2) is 18.0 Å². The molecular formula is C17H17N3O2. The van der Waals surface area contributed by atoms with Crippen LogP contribution in [0.2, 0.25) is 0 Å². The van der Waals surface area contributed by atoms with E-state index in [-0.39, 0.29) is 11.8 Å². The number of hydrogen-bond acceptors (Lipinski definition) is 3. The van der Waals surface area contributed by atoms with Crippen LogP contribution in [0.15, 0.2) is 53.6 Å². The van der Waals surface area contributed by atoms with Crippen molar-refractivity contribution in [1.29, 1.82) is 0 Å². The van der Waals surface area contributed by atoms with Gasteiger partial charge in [0.05, 0.1) is 6.21 Å². The van der Waals surface area contributed by atoms with Gasteiger partial charge in [0.15, 0.2) is 0 Å². The third-order valence-electron chi connectivity index (χ3n) is 2.89. The summed E-state index contributed by atoms with van der Waals surface area (Å²) in [6.45, 7) is 3.42. The smallest absolute Gasteiger partial charge is 0.271 e. The van der Waals surface area contributed by atoms with E-state index in [9.17, 15) is 9.59 Å². The number of nitrogens with zero attached hydrogens (tertiary/aromatic N) is 1. The van der Waals surface area contributed by atoms with Gasteiger partial charge in [-0.1, -0.05) is 29.8 Å². The third kappa shape index (κ3) is 4.56. The first kappa shape index (κ1) is 15.4. The highest BCUT2D eigenvalue weighted by Crippen LogP contribution is 2.09. The van der Waals surface area contributed by atoms with Gasteiger partial charge in [0.25, 0.3) is 5.91 Å². The van der Waals surface area contributed by atoms with Gasteiger partial charge in [-0.2, -0.15) is 5.10 Å². The van der Waals surface area contributed by atoms with Gasteiger partial charge in [0.2, 0.25) is 5.91 Å². The van der Waals surface area contributed by atoms with Crippen LogP contribution in [0.4, 0.5) is 5.69 Å². The summed E-state index contributed by atoms with van der Waals surface area (Å²) in [6, 6.07) is 14.4. The predicted molar refractivity (Wildman–Crippen MR) is 87.0 cm³/mol. The van der Waals surface area contributed by atoms with Crippen LogP contribution in [0, 0.1) is 6.92 Å². The van der Waals surface area contributed by atoms with E-state index in [4.69, 9.17) is 0 Å². The van der Waals surface area contributed by atoms with E-state index in [0.717, 1.165) is 11.1 Å². The molecule has 2 amide bonds. The summed E-state index contributed by atoms with van der Waals surface area (Å²) >= 11 is 0. The zero-order valence-corrected chi connectivity index (χ0v) is 12.5. The molecule has 0 bridgehead atoms. The topological polar surface area (TPSA) is 70.6 Å². The Kier molecular flexibility index (Phi) is 5.03. The van der Waals surface area contributed by atoms with Crippen LogP contribution in [0.25, 0.3) is 0 Å². The van der Waals surface area contributed by atoms with Crippen molar-refractivity contribution in [1.82, 2.24) is 5.43 Å². The van der Waals surface area contributed by atoms with Crippen molar-refractivity contribution < 1.29 is 9.59 Å². The molecule has 2 N–H and O–H groups in total. The standard InChI is InChI=1S/C17H17N3O2/c1-12-4-3-5-14(10-12)11-18-20-17(22)15-6-8-16(9-7-15)19-13(2)21/h3-11H,1-2H3,(H,19,21)(H,20,22)/b18-11+. The van der Waals surface area contributed by atoms with Crippen LogP contribution >= 0.6 is 0 Å². The fourth-order valence-corrected chi connectivity index (χ4v) is 1.89. The Bertz CT molecular complexity index is 706. The van der Waals surface area contributed by atoms with E-state index in [1.54, 1.807) is 30.5 Å². The summed E-state index contributed by atoms with van der Waals surface area (Å²) in [6.07, 6.45) is 1.59. The van der Waals surface area contributed by atoms with Gasteiger partial charge >= 0.3 is 0 Å². The van der Waals surface area contributed by atoms with Crippen molar-refractivity contribution in [3.8, 4) is 0 Å². The van der Waals surface area contributed by atoms with Crippen molar-refractivity contribution in [3.05, 3.63) is 65.2 Å². The molecule has 5 nitrogen and oxygen atoms in total. The number of hydrogen-bond donors (Lipinski definition) is 2. The van der Waals surface area contributed by atoms with E-state index >= 15 is 0 Å². The van der Waals surface area contributed by atoms with Gasteiger partial charge < -0.3 is 5.32 Å². The van der Waals surface area contributed by atoms with Crippen LogP contribution in [0.3, 0.4) is 0 Å². The molecule has 0 aliphatic rings. The molecule has 0 spiro atoms. The molecule has 0 radical (unpaired) electrons.